The van der Waals surface area contributed by atoms with Gasteiger partial charge in [-0.25, -0.2) is 4.98 Å². The fraction of sp³-hybridized carbons (Fsp3) is 0.182. The molecule has 71 valence electrons. The Bertz CT molecular complexity index is 390. The fourth-order valence-electron chi connectivity index (χ4n) is 1.23. The molecule has 0 spiro atoms. The van der Waals surface area contributed by atoms with E-state index in [-0.39, 0.29) is 0 Å². The van der Waals surface area contributed by atoms with Crippen molar-refractivity contribution < 1.29 is 0 Å². The Morgan fingerprint density at radius 2 is 1.93 bits per heavy atom. The Morgan fingerprint density at radius 3 is 2.43 bits per heavy atom. The molecular formula is C11H11N2S. The Hall–Kier alpha value is -1.35. The second-order valence-electron chi connectivity index (χ2n) is 3.22. The molecule has 0 fully saturated rings. The first-order valence-corrected chi connectivity index (χ1v) is 5.24. The zero-order valence-corrected chi connectivity index (χ0v) is 9.01. The Labute approximate surface area is 87.8 Å². The molecule has 0 saturated heterocycles. The number of rotatable bonds is 2. The molecular weight excluding hydrogens is 192 g/mol. The first-order chi connectivity index (χ1) is 6.77. The van der Waals surface area contributed by atoms with Crippen LogP contribution in [-0.2, 0) is 0 Å². The molecule has 0 atom stereocenters. The van der Waals surface area contributed by atoms with Crippen molar-refractivity contribution in [2.24, 2.45) is 0 Å². The van der Waals surface area contributed by atoms with Crippen LogP contribution >= 0.6 is 11.3 Å². The van der Waals surface area contributed by atoms with Crippen molar-refractivity contribution in [2.75, 3.05) is 19.0 Å². The number of anilines is 1. The van der Waals surface area contributed by atoms with Crippen LogP contribution in [0, 0.1) is 6.20 Å². The number of hydrogen-bond acceptors (Lipinski definition) is 3. The predicted molar refractivity (Wildman–Crippen MR) is 60.7 cm³/mol. The normalized spacial score (nSPS) is 10.1. The lowest BCUT2D eigenvalue weighted by Gasteiger charge is -2.11. The summed E-state index contributed by atoms with van der Waals surface area (Å²) in [4.78, 5) is 6.22. The molecule has 0 aliphatic heterocycles. The van der Waals surface area contributed by atoms with Crippen molar-refractivity contribution in [3.8, 4) is 10.6 Å². The highest BCUT2D eigenvalue weighted by Crippen LogP contribution is 2.23. The largest absolute Gasteiger partial charge is 0.378 e. The van der Waals surface area contributed by atoms with Gasteiger partial charge in [0.15, 0.2) is 0 Å². The number of hydrogen-bond donors (Lipinski definition) is 0. The van der Waals surface area contributed by atoms with Gasteiger partial charge in [-0.2, -0.15) is 0 Å². The number of benzene rings is 1. The average molecular weight is 203 g/mol. The SMILES string of the molecule is CN(C)c1ccc(-c2n[c]cs2)cc1. The molecule has 0 N–H and O–H groups in total. The van der Waals surface area contributed by atoms with Gasteiger partial charge in [-0.1, -0.05) is 0 Å². The second kappa shape index (κ2) is 3.80. The van der Waals surface area contributed by atoms with E-state index in [1.807, 2.05) is 19.5 Å². The van der Waals surface area contributed by atoms with Gasteiger partial charge in [0, 0.05) is 30.7 Å². The maximum Gasteiger partial charge on any atom is 0.124 e. The van der Waals surface area contributed by atoms with Crippen molar-refractivity contribution in [3.05, 3.63) is 35.8 Å². The monoisotopic (exact) mass is 203 g/mol. The first-order valence-electron chi connectivity index (χ1n) is 4.37. The summed E-state index contributed by atoms with van der Waals surface area (Å²) in [5.74, 6) is 0. The maximum atomic E-state index is 4.14. The number of nitrogens with zero attached hydrogens (tertiary/aromatic N) is 2. The molecule has 0 amide bonds. The lowest BCUT2D eigenvalue weighted by molar-refractivity contribution is 1.13. The van der Waals surface area contributed by atoms with Crippen LogP contribution in [0.2, 0.25) is 0 Å². The van der Waals surface area contributed by atoms with Crippen LogP contribution in [0.5, 0.6) is 0 Å². The smallest absolute Gasteiger partial charge is 0.124 e. The topological polar surface area (TPSA) is 16.1 Å². The van der Waals surface area contributed by atoms with Crippen LogP contribution in [-0.4, -0.2) is 19.1 Å². The molecule has 2 rings (SSSR count). The standard InChI is InChI=1S/C11H11N2S/c1-13(2)10-5-3-9(4-6-10)11-12-7-8-14-11/h3-6,8H,1-2H3. The molecule has 0 aliphatic rings. The molecule has 0 bridgehead atoms. The summed E-state index contributed by atoms with van der Waals surface area (Å²) in [7, 11) is 4.07. The molecule has 1 heterocycles. The van der Waals surface area contributed by atoms with Gasteiger partial charge in [-0.15, -0.1) is 11.3 Å². The minimum Gasteiger partial charge on any atom is -0.378 e. The molecule has 1 radical (unpaired) electrons. The minimum absolute atomic E-state index is 1.02. The van der Waals surface area contributed by atoms with E-state index in [1.165, 1.54) is 5.69 Å². The van der Waals surface area contributed by atoms with E-state index in [4.69, 9.17) is 0 Å². The van der Waals surface area contributed by atoms with E-state index in [2.05, 4.69) is 40.3 Å². The molecule has 0 aliphatic carbocycles. The first kappa shape index (κ1) is 9.21. The molecule has 14 heavy (non-hydrogen) atoms. The summed E-state index contributed by atoms with van der Waals surface area (Å²) in [5, 5.41) is 2.89. The molecule has 0 unspecified atom stereocenters. The summed E-state index contributed by atoms with van der Waals surface area (Å²) < 4.78 is 0. The summed E-state index contributed by atoms with van der Waals surface area (Å²) in [6, 6.07) is 8.36. The maximum absolute atomic E-state index is 4.14. The van der Waals surface area contributed by atoms with Gasteiger partial charge in [0.05, 0.1) is 0 Å². The summed E-state index contributed by atoms with van der Waals surface area (Å²) in [6.45, 7) is 0. The zero-order valence-electron chi connectivity index (χ0n) is 8.19. The van der Waals surface area contributed by atoms with Gasteiger partial charge in [0.25, 0.3) is 0 Å². The molecule has 2 nitrogen and oxygen atoms in total. The van der Waals surface area contributed by atoms with E-state index in [0.717, 1.165) is 10.6 Å². The minimum atomic E-state index is 1.02. The highest BCUT2D eigenvalue weighted by Gasteiger charge is 2.00. The molecule has 3 heteroatoms. The van der Waals surface area contributed by atoms with Gasteiger partial charge in [0.1, 0.15) is 11.2 Å². The second-order valence-corrected chi connectivity index (χ2v) is 4.08. The predicted octanol–water partition coefficient (Wildman–Crippen LogP) is 2.68. The number of aromatic nitrogens is 1. The highest BCUT2D eigenvalue weighted by molar-refractivity contribution is 7.13. The zero-order chi connectivity index (χ0) is 9.97. The molecule has 2 aromatic rings. The third-order valence-corrected chi connectivity index (χ3v) is 2.79. The molecule has 1 aromatic carbocycles. The highest BCUT2D eigenvalue weighted by atomic mass is 32.1. The van der Waals surface area contributed by atoms with E-state index < -0.39 is 0 Å². The Kier molecular flexibility index (Phi) is 2.50. The van der Waals surface area contributed by atoms with Crippen molar-refractivity contribution in [2.45, 2.75) is 0 Å². The third-order valence-electron chi connectivity index (χ3n) is 2.02. The fourth-order valence-corrected chi connectivity index (χ4v) is 1.82. The van der Waals surface area contributed by atoms with Gasteiger partial charge >= 0.3 is 0 Å². The Balaban J connectivity index is 2.31. The van der Waals surface area contributed by atoms with Crippen LogP contribution in [0.4, 0.5) is 5.69 Å². The van der Waals surface area contributed by atoms with Gasteiger partial charge in [-0.3, -0.25) is 0 Å². The van der Waals surface area contributed by atoms with Gasteiger partial charge in [0.2, 0.25) is 0 Å². The lowest BCUT2D eigenvalue weighted by atomic mass is 10.2. The lowest BCUT2D eigenvalue weighted by Crippen LogP contribution is -2.07. The molecule has 1 aromatic heterocycles. The van der Waals surface area contributed by atoms with E-state index >= 15 is 0 Å². The van der Waals surface area contributed by atoms with Crippen LogP contribution in [0.15, 0.2) is 29.6 Å². The van der Waals surface area contributed by atoms with Crippen LogP contribution < -0.4 is 4.90 Å². The van der Waals surface area contributed by atoms with Crippen LogP contribution in [0.3, 0.4) is 0 Å². The summed E-state index contributed by atoms with van der Waals surface area (Å²) >= 11 is 1.61. The third kappa shape index (κ3) is 1.77. The van der Waals surface area contributed by atoms with Gasteiger partial charge in [-0.05, 0) is 24.3 Å². The van der Waals surface area contributed by atoms with E-state index in [9.17, 15) is 0 Å². The van der Waals surface area contributed by atoms with Crippen molar-refractivity contribution >= 4 is 17.0 Å². The van der Waals surface area contributed by atoms with Crippen LogP contribution in [0.1, 0.15) is 0 Å². The van der Waals surface area contributed by atoms with Crippen LogP contribution in [0.25, 0.3) is 10.6 Å². The molecule has 0 saturated carbocycles. The number of thiazole rings is 1. The Morgan fingerprint density at radius 1 is 1.21 bits per heavy atom. The van der Waals surface area contributed by atoms with Crippen molar-refractivity contribution in [1.29, 1.82) is 0 Å². The average Bonchev–Trinajstić information content (AvgIpc) is 2.71. The quantitative estimate of drug-likeness (QED) is 0.746. The summed E-state index contributed by atoms with van der Waals surface area (Å²) in [6.07, 6.45) is 2.82. The van der Waals surface area contributed by atoms with E-state index in [1.54, 1.807) is 11.3 Å². The summed E-state index contributed by atoms with van der Waals surface area (Å²) in [5.41, 5.74) is 2.36. The van der Waals surface area contributed by atoms with E-state index in [0.29, 0.717) is 0 Å². The van der Waals surface area contributed by atoms with Gasteiger partial charge < -0.3 is 4.90 Å². The van der Waals surface area contributed by atoms with Crippen molar-refractivity contribution in [1.82, 2.24) is 4.98 Å². The van der Waals surface area contributed by atoms with Crippen molar-refractivity contribution in [3.63, 3.8) is 0 Å².